The lowest BCUT2D eigenvalue weighted by molar-refractivity contribution is 0.327. The molecule has 0 aliphatic heterocycles. The van der Waals surface area contributed by atoms with Crippen LogP contribution in [0.25, 0.3) is 0 Å². The second-order valence-corrected chi connectivity index (χ2v) is 3.70. The topological polar surface area (TPSA) is 62.8 Å². The van der Waals surface area contributed by atoms with Gasteiger partial charge in [-0.1, -0.05) is 0 Å². The number of aromatic nitrogens is 3. The van der Waals surface area contributed by atoms with Crippen molar-refractivity contribution in [2.45, 2.75) is 19.9 Å². The zero-order chi connectivity index (χ0) is 12.1. The largest absolute Gasteiger partial charge is 0.478 e. The van der Waals surface area contributed by atoms with Crippen LogP contribution in [0.15, 0.2) is 30.6 Å². The van der Waals surface area contributed by atoms with E-state index in [4.69, 9.17) is 4.74 Å². The number of hydrogen-bond acceptors (Lipinski definition) is 4. The van der Waals surface area contributed by atoms with Gasteiger partial charge in [0, 0.05) is 12.3 Å². The van der Waals surface area contributed by atoms with E-state index in [-0.39, 0.29) is 6.04 Å². The molecule has 17 heavy (non-hydrogen) atoms. The number of hydrogen-bond donors (Lipinski definition) is 2. The maximum Gasteiger partial charge on any atom is 0.213 e. The summed E-state index contributed by atoms with van der Waals surface area (Å²) < 4.78 is 5.28. The van der Waals surface area contributed by atoms with Gasteiger partial charge in [-0.2, -0.15) is 5.10 Å². The van der Waals surface area contributed by atoms with Gasteiger partial charge in [-0.05, 0) is 26.0 Å². The van der Waals surface area contributed by atoms with Gasteiger partial charge >= 0.3 is 0 Å². The number of nitrogens with zero attached hydrogens (tertiary/aromatic N) is 2. The minimum atomic E-state index is 0.164. The summed E-state index contributed by atoms with van der Waals surface area (Å²) in [6.07, 6.45) is 3.50. The summed E-state index contributed by atoms with van der Waals surface area (Å²) in [4.78, 5) is 4.19. The molecule has 0 aliphatic rings. The lowest BCUT2D eigenvalue weighted by atomic mass is 10.2. The average molecular weight is 232 g/mol. The molecule has 0 amide bonds. The SMILES string of the molecule is CCOc1ccc(NC(C)c2ccn[nH]2)cn1. The molecule has 2 aromatic rings. The van der Waals surface area contributed by atoms with Gasteiger partial charge < -0.3 is 10.1 Å². The molecule has 2 heterocycles. The number of pyridine rings is 1. The lowest BCUT2D eigenvalue weighted by Gasteiger charge is -2.13. The molecule has 0 aliphatic carbocycles. The van der Waals surface area contributed by atoms with Crippen molar-refractivity contribution < 1.29 is 4.74 Å². The number of rotatable bonds is 5. The first kappa shape index (κ1) is 11.4. The summed E-state index contributed by atoms with van der Waals surface area (Å²) in [7, 11) is 0. The monoisotopic (exact) mass is 232 g/mol. The average Bonchev–Trinajstić information content (AvgIpc) is 2.86. The Balaban J connectivity index is 1.99. The highest BCUT2D eigenvalue weighted by atomic mass is 16.5. The zero-order valence-electron chi connectivity index (χ0n) is 9.97. The smallest absolute Gasteiger partial charge is 0.213 e. The lowest BCUT2D eigenvalue weighted by Crippen LogP contribution is -2.07. The zero-order valence-corrected chi connectivity index (χ0v) is 9.97. The third kappa shape index (κ3) is 2.96. The highest BCUT2D eigenvalue weighted by molar-refractivity contribution is 5.43. The van der Waals surface area contributed by atoms with E-state index in [1.807, 2.05) is 25.1 Å². The van der Waals surface area contributed by atoms with Crippen molar-refractivity contribution in [1.29, 1.82) is 0 Å². The molecular formula is C12H16N4O. The van der Waals surface area contributed by atoms with Crippen molar-refractivity contribution >= 4 is 5.69 Å². The van der Waals surface area contributed by atoms with Crippen LogP contribution in [0.4, 0.5) is 5.69 Å². The molecule has 90 valence electrons. The van der Waals surface area contributed by atoms with E-state index < -0.39 is 0 Å². The summed E-state index contributed by atoms with van der Waals surface area (Å²) in [6.45, 7) is 4.63. The maximum absolute atomic E-state index is 5.28. The summed E-state index contributed by atoms with van der Waals surface area (Å²) in [5.41, 5.74) is 1.99. The Morgan fingerprint density at radius 1 is 1.41 bits per heavy atom. The van der Waals surface area contributed by atoms with Crippen LogP contribution >= 0.6 is 0 Å². The molecule has 5 nitrogen and oxygen atoms in total. The van der Waals surface area contributed by atoms with Gasteiger partial charge in [-0.25, -0.2) is 4.98 Å². The van der Waals surface area contributed by atoms with Crippen molar-refractivity contribution in [3.8, 4) is 5.88 Å². The van der Waals surface area contributed by atoms with E-state index in [0.717, 1.165) is 11.4 Å². The molecule has 2 rings (SSSR count). The molecule has 0 fully saturated rings. The van der Waals surface area contributed by atoms with E-state index in [0.29, 0.717) is 12.5 Å². The highest BCUT2D eigenvalue weighted by Gasteiger charge is 2.06. The molecule has 0 spiro atoms. The molecule has 0 bridgehead atoms. The Bertz CT molecular complexity index is 438. The van der Waals surface area contributed by atoms with Gasteiger partial charge in [0.2, 0.25) is 5.88 Å². The van der Waals surface area contributed by atoms with Gasteiger partial charge in [0.15, 0.2) is 0 Å². The van der Waals surface area contributed by atoms with Crippen molar-refractivity contribution in [2.24, 2.45) is 0 Å². The van der Waals surface area contributed by atoms with E-state index in [1.165, 1.54) is 0 Å². The quantitative estimate of drug-likeness (QED) is 0.830. The van der Waals surface area contributed by atoms with E-state index in [1.54, 1.807) is 12.4 Å². The van der Waals surface area contributed by atoms with Crippen molar-refractivity contribution in [3.05, 3.63) is 36.3 Å². The van der Waals surface area contributed by atoms with Crippen LogP contribution in [0.2, 0.25) is 0 Å². The molecule has 0 radical (unpaired) electrons. The molecule has 0 saturated heterocycles. The fourth-order valence-electron chi connectivity index (χ4n) is 1.53. The third-order valence-electron chi connectivity index (χ3n) is 2.40. The molecule has 2 N–H and O–H groups in total. The predicted octanol–water partition coefficient (Wildman–Crippen LogP) is 2.38. The van der Waals surface area contributed by atoms with Crippen LogP contribution in [-0.4, -0.2) is 21.8 Å². The third-order valence-corrected chi connectivity index (χ3v) is 2.40. The van der Waals surface area contributed by atoms with E-state index in [9.17, 15) is 0 Å². The molecule has 0 aromatic carbocycles. The Hall–Kier alpha value is -2.04. The van der Waals surface area contributed by atoms with E-state index in [2.05, 4.69) is 27.4 Å². The van der Waals surface area contributed by atoms with Gasteiger partial charge in [0.25, 0.3) is 0 Å². The highest BCUT2D eigenvalue weighted by Crippen LogP contribution is 2.18. The summed E-state index contributed by atoms with van der Waals surface area (Å²) >= 11 is 0. The Kier molecular flexibility index (Phi) is 3.59. The Labute approximate surface area is 100 Å². The van der Waals surface area contributed by atoms with Crippen LogP contribution < -0.4 is 10.1 Å². The van der Waals surface area contributed by atoms with Gasteiger partial charge in [0.1, 0.15) is 0 Å². The first-order valence-corrected chi connectivity index (χ1v) is 5.64. The first-order chi connectivity index (χ1) is 8.29. The number of anilines is 1. The van der Waals surface area contributed by atoms with Crippen LogP contribution in [0, 0.1) is 0 Å². The van der Waals surface area contributed by atoms with Gasteiger partial charge in [-0.3, -0.25) is 5.10 Å². The number of H-pyrrole nitrogens is 1. The predicted molar refractivity (Wildman–Crippen MR) is 66.0 cm³/mol. The summed E-state index contributed by atoms with van der Waals surface area (Å²) in [5, 5.41) is 10.2. The van der Waals surface area contributed by atoms with Crippen LogP contribution in [-0.2, 0) is 0 Å². The normalized spacial score (nSPS) is 12.1. The first-order valence-electron chi connectivity index (χ1n) is 5.64. The molecule has 1 unspecified atom stereocenters. The van der Waals surface area contributed by atoms with E-state index >= 15 is 0 Å². The minimum absolute atomic E-state index is 0.164. The fourth-order valence-corrected chi connectivity index (χ4v) is 1.53. The van der Waals surface area contributed by atoms with Gasteiger partial charge in [-0.15, -0.1) is 0 Å². The maximum atomic E-state index is 5.28. The van der Waals surface area contributed by atoms with Crippen LogP contribution in [0.5, 0.6) is 5.88 Å². The summed E-state index contributed by atoms with van der Waals surface area (Å²) in [6, 6.07) is 5.91. The minimum Gasteiger partial charge on any atom is -0.478 e. The second-order valence-electron chi connectivity index (χ2n) is 3.70. The van der Waals surface area contributed by atoms with Crippen molar-refractivity contribution in [1.82, 2.24) is 15.2 Å². The number of ether oxygens (including phenoxy) is 1. The van der Waals surface area contributed by atoms with Crippen LogP contribution in [0.1, 0.15) is 25.6 Å². The standard InChI is InChI=1S/C12H16N4O/c1-3-17-12-5-4-10(8-13-12)15-9(2)11-6-7-14-16-11/h4-9,15H,3H2,1-2H3,(H,14,16). The number of aromatic amines is 1. The molecule has 5 heteroatoms. The van der Waals surface area contributed by atoms with Gasteiger partial charge in [0.05, 0.1) is 30.2 Å². The van der Waals surface area contributed by atoms with Crippen molar-refractivity contribution in [3.63, 3.8) is 0 Å². The van der Waals surface area contributed by atoms with Crippen LogP contribution in [0.3, 0.4) is 0 Å². The molecule has 0 saturated carbocycles. The Morgan fingerprint density at radius 2 is 2.29 bits per heavy atom. The molecular weight excluding hydrogens is 216 g/mol. The second kappa shape index (κ2) is 5.34. The summed E-state index contributed by atoms with van der Waals surface area (Å²) in [5.74, 6) is 0.646. The molecule has 2 aromatic heterocycles. The number of nitrogens with one attached hydrogen (secondary N) is 2. The fraction of sp³-hybridized carbons (Fsp3) is 0.333. The Morgan fingerprint density at radius 3 is 2.88 bits per heavy atom. The van der Waals surface area contributed by atoms with Crippen molar-refractivity contribution in [2.75, 3.05) is 11.9 Å². The molecule has 1 atom stereocenters.